The Morgan fingerprint density at radius 1 is 1.25 bits per heavy atom. The Morgan fingerprint density at radius 3 is 2.56 bits per heavy atom. The first kappa shape index (κ1) is 9.90. The maximum atomic E-state index is 12.1. The molecule has 4 nitrogen and oxygen atoms in total. The molecule has 3 rings (SSSR count). The van der Waals surface area contributed by atoms with Crippen LogP contribution in [0.4, 0.5) is 0 Å². The van der Waals surface area contributed by atoms with Gasteiger partial charge >= 0.3 is 0 Å². The molecular formula is C12H17N3O. The quantitative estimate of drug-likeness (QED) is 0.777. The molecule has 1 aromatic rings. The molecular weight excluding hydrogens is 202 g/mol. The van der Waals surface area contributed by atoms with Gasteiger partial charge < -0.3 is 5.73 Å². The van der Waals surface area contributed by atoms with Crippen LogP contribution in [-0.4, -0.2) is 16.6 Å². The maximum Gasteiger partial charge on any atom is 0.243 e. The van der Waals surface area contributed by atoms with E-state index in [2.05, 4.69) is 5.43 Å². The molecule has 86 valence electrons. The van der Waals surface area contributed by atoms with Crippen molar-refractivity contribution in [2.75, 3.05) is 5.43 Å². The lowest BCUT2D eigenvalue weighted by Crippen LogP contribution is -2.44. The van der Waals surface area contributed by atoms with Crippen LogP contribution < -0.4 is 11.2 Å². The number of nitrogens with two attached hydrogens (primary N) is 1. The molecule has 16 heavy (non-hydrogen) atoms. The number of carbonyl (C=O) groups excluding carboxylic acids is 1. The zero-order valence-electron chi connectivity index (χ0n) is 9.17. The molecule has 2 saturated carbocycles. The first-order chi connectivity index (χ1) is 7.75. The van der Waals surface area contributed by atoms with E-state index < -0.39 is 0 Å². The summed E-state index contributed by atoms with van der Waals surface area (Å²) in [6.07, 6.45) is 7.18. The number of carbonyl (C=O) groups is 1. The highest BCUT2D eigenvalue weighted by atomic mass is 16.2. The van der Waals surface area contributed by atoms with Crippen LogP contribution in [0.2, 0.25) is 0 Å². The van der Waals surface area contributed by atoms with Crippen molar-refractivity contribution >= 4 is 5.91 Å². The van der Waals surface area contributed by atoms with Crippen molar-refractivity contribution in [2.45, 2.75) is 25.3 Å². The van der Waals surface area contributed by atoms with Crippen LogP contribution in [0.5, 0.6) is 0 Å². The molecule has 0 spiro atoms. The normalized spacial score (nSPS) is 36.6. The maximum absolute atomic E-state index is 12.1. The van der Waals surface area contributed by atoms with Gasteiger partial charge in [0.05, 0.1) is 5.92 Å². The van der Waals surface area contributed by atoms with Gasteiger partial charge in [0.25, 0.3) is 0 Å². The molecule has 1 amide bonds. The molecule has 2 aliphatic carbocycles. The number of hydrogen-bond acceptors (Lipinski definition) is 2. The fourth-order valence-electron chi connectivity index (χ4n) is 3.34. The molecule has 0 aliphatic heterocycles. The van der Waals surface area contributed by atoms with E-state index in [-0.39, 0.29) is 17.9 Å². The van der Waals surface area contributed by atoms with Gasteiger partial charge in [-0.1, -0.05) is 0 Å². The van der Waals surface area contributed by atoms with Gasteiger partial charge in [0.2, 0.25) is 5.91 Å². The van der Waals surface area contributed by atoms with E-state index in [0.29, 0.717) is 11.8 Å². The molecule has 2 aliphatic rings. The predicted octanol–water partition coefficient (Wildman–Crippen LogP) is 0.932. The van der Waals surface area contributed by atoms with Gasteiger partial charge in [0.15, 0.2) is 0 Å². The molecule has 1 heterocycles. The highest BCUT2D eigenvalue weighted by Crippen LogP contribution is 2.47. The molecule has 2 fully saturated rings. The van der Waals surface area contributed by atoms with Crippen LogP contribution in [0.15, 0.2) is 24.5 Å². The first-order valence-electron chi connectivity index (χ1n) is 5.95. The summed E-state index contributed by atoms with van der Waals surface area (Å²) in [6, 6.07) is 3.84. The summed E-state index contributed by atoms with van der Waals surface area (Å²) in [6.45, 7) is 0. The van der Waals surface area contributed by atoms with Crippen molar-refractivity contribution in [3.8, 4) is 0 Å². The van der Waals surface area contributed by atoms with Crippen molar-refractivity contribution in [3.05, 3.63) is 24.5 Å². The van der Waals surface area contributed by atoms with E-state index in [1.807, 2.05) is 24.5 Å². The first-order valence-corrected chi connectivity index (χ1v) is 5.95. The van der Waals surface area contributed by atoms with E-state index in [1.54, 1.807) is 4.68 Å². The summed E-state index contributed by atoms with van der Waals surface area (Å²) < 4.78 is 1.70. The third-order valence-corrected chi connectivity index (χ3v) is 4.13. The van der Waals surface area contributed by atoms with E-state index in [9.17, 15) is 4.79 Å². The smallest absolute Gasteiger partial charge is 0.243 e. The van der Waals surface area contributed by atoms with Crippen molar-refractivity contribution in [1.82, 2.24) is 4.68 Å². The van der Waals surface area contributed by atoms with Gasteiger partial charge in [-0.3, -0.25) is 14.9 Å². The summed E-state index contributed by atoms with van der Waals surface area (Å²) in [5, 5.41) is 0. The van der Waals surface area contributed by atoms with Gasteiger partial charge in [-0.05, 0) is 43.2 Å². The second-order valence-corrected chi connectivity index (χ2v) is 5.00. The average molecular weight is 219 g/mol. The lowest BCUT2D eigenvalue weighted by Gasteiger charge is -2.27. The zero-order valence-corrected chi connectivity index (χ0v) is 9.17. The number of nitrogens with zero attached hydrogens (tertiary/aromatic N) is 1. The Labute approximate surface area is 94.8 Å². The SMILES string of the molecule is NC1C2CCC(C2)C1C(=O)Nn1cccc1. The van der Waals surface area contributed by atoms with Gasteiger partial charge in [0.1, 0.15) is 0 Å². The van der Waals surface area contributed by atoms with E-state index in [0.717, 1.165) is 6.42 Å². The van der Waals surface area contributed by atoms with Gasteiger partial charge in [-0.15, -0.1) is 0 Å². The zero-order chi connectivity index (χ0) is 11.1. The van der Waals surface area contributed by atoms with Gasteiger partial charge in [0, 0.05) is 18.4 Å². The summed E-state index contributed by atoms with van der Waals surface area (Å²) in [7, 11) is 0. The van der Waals surface area contributed by atoms with E-state index >= 15 is 0 Å². The molecule has 3 N–H and O–H groups in total. The molecule has 2 bridgehead atoms. The summed E-state index contributed by atoms with van der Waals surface area (Å²) >= 11 is 0. The second kappa shape index (κ2) is 3.63. The Balaban J connectivity index is 1.71. The van der Waals surface area contributed by atoms with Crippen LogP contribution >= 0.6 is 0 Å². The van der Waals surface area contributed by atoms with Gasteiger partial charge in [-0.2, -0.15) is 0 Å². The second-order valence-electron chi connectivity index (χ2n) is 5.00. The third-order valence-electron chi connectivity index (χ3n) is 4.13. The van der Waals surface area contributed by atoms with Crippen molar-refractivity contribution < 1.29 is 4.79 Å². The van der Waals surface area contributed by atoms with Crippen LogP contribution in [0, 0.1) is 17.8 Å². The minimum Gasteiger partial charge on any atom is -0.327 e. The number of nitrogens with one attached hydrogen (secondary N) is 1. The fourth-order valence-corrected chi connectivity index (χ4v) is 3.34. The minimum absolute atomic E-state index is 0.0150. The van der Waals surface area contributed by atoms with Crippen LogP contribution in [0.3, 0.4) is 0 Å². The lowest BCUT2D eigenvalue weighted by molar-refractivity contribution is -0.122. The third kappa shape index (κ3) is 1.45. The molecule has 0 aromatic carbocycles. The predicted molar refractivity (Wildman–Crippen MR) is 61.1 cm³/mol. The number of amides is 1. The van der Waals surface area contributed by atoms with Crippen molar-refractivity contribution in [2.24, 2.45) is 23.5 Å². The highest BCUT2D eigenvalue weighted by Gasteiger charge is 2.49. The summed E-state index contributed by atoms with van der Waals surface area (Å²) in [4.78, 5) is 12.1. The number of fused-ring (bicyclic) bond motifs is 2. The molecule has 4 heteroatoms. The van der Waals surface area contributed by atoms with Crippen LogP contribution in [-0.2, 0) is 4.79 Å². The van der Waals surface area contributed by atoms with Crippen LogP contribution in [0.1, 0.15) is 19.3 Å². The highest BCUT2D eigenvalue weighted by molar-refractivity contribution is 5.87. The summed E-state index contributed by atoms with van der Waals surface area (Å²) in [5.41, 5.74) is 9.00. The van der Waals surface area contributed by atoms with Crippen molar-refractivity contribution in [3.63, 3.8) is 0 Å². The minimum atomic E-state index is 0.0150. The standard InChI is InChI=1S/C12H17N3O/c13-11-9-4-3-8(7-9)10(11)12(16)14-15-5-1-2-6-15/h1-2,5-6,8-11H,3-4,7,13H2,(H,14,16). The Morgan fingerprint density at radius 2 is 1.94 bits per heavy atom. The summed E-state index contributed by atoms with van der Waals surface area (Å²) in [5.74, 6) is 1.18. The monoisotopic (exact) mass is 219 g/mol. The van der Waals surface area contributed by atoms with Gasteiger partial charge in [-0.25, -0.2) is 0 Å². The Hall–Kier alpha value is -1.29. The van der Waals surface area contributed by atoms with E-state index in [1.165, 1.54) is 12.8 Å². The number of hydrogen-bond donors (Lipinski definition) is 2. The Kier molecular flexibility index (Phi) is 2.24. The average Bonchev–Trinajstić information content (AvgIpc) is 2.92. The molecule has 0 saturated heterocycles. The van der Waals surface area contributed by atoms with Crippen molar-refractivity contribution in [1.29, 1.82) is 0 Å². The molecule has 4 unspecified atom stereocenters. The molecule has 0 radical (unpaired) electrons. The lowest BCUT2D eigenvalue weighted by atomic mass is 9.84. The largest absolute Gasteiger partial charge is 0.327 e. The topological polar surface area (TPSA) is 60.1 Å². The number of rotatable bonds is 2. The van der Waals surface area contributed by atoms with Crippen LogP contribution in [0.25, 0.3) is 0 Å². The Bertz CT molecular complexity index is 385. The molecule has 4 atom stereocenters. The van der Waals surface area contributed by atoms with E-state index in [4.69, 9.17) is 5.73 Å². The fraction of sp³-hybridized carbons (Fsp3) is 0.583. The molecule has 1 aromatic heterocycles. The number of aromatic nitrogens is 1.